The van der Waals surface area contributed by atoms with Crippen LogP contribution in [0, 0.1) is 0 Å². The summed E-state index contributed by atoms with van der Waals surface area (Å²) in [7, 11) is 0. The van der Waals surface area contributed by atoms with Gasteiger partial charge in [0.05, 0.1) is 0 Å². The van der Waals surface area contributed by atoms with E-state index in [1.807, 2.05) is 0 Å². The zero-order valence-electron chi connectivity index (χ0n) is 8.15. The Hall–Kier alpha value is -1.04. The number of allylic oxidation sites excluding steroid dienone is 8. The number of rotatable bonds is 0. The van der Waals surface area contributed by atoms with Crippen LogP contribution in [0.5, 0.6) is 0 Å². The summed E-state index contributed by atoms with van der Waals surface area (Å²) in [6.07, 6.45) is 23.5. The predicted octanol–water partition coefficient (Wildman–Crippen LogP) is 4.18. The van der Waals surface area contributed by atoms with Crippen molar-refractivity contribution < 1.29 is 0 Å². The van der Waals surface area contributed by atoms with E-state index >= 15 is 0 Å². The zero-order chi connectivity index (χ0) is 9.19. The van der Waals surface area contributed by atoms with Gasteiger partial charge in [-0.05, 0) is 32.1 Å². The Morgan fingerprint density at radius 2 is 1.00 bits per heavy atom. The molecule has 0 atom stereocenters. The van der Waals surface area contributed by atoms with Crippen LogP contribution in [0.25, 0.3) is 0 Å². The molecule has 0 nitrogen and oxygen atoms in total. The van der Waals surface area contributed by atoms with Gasteiger partial charge in [-0.1, -0.05) is 48.6 Å². The molecule has 1 rings (SSSR count). The second-order valence-electron chi connectivity index (χ2n) is 3.19. The van der Waals surface area contributed by atoms with Gasteiger partial charge in [-0.2, -0.15) is 0 Å². The number of hydrogen-bond donors (Lipinski definition) is 0. The first-order valence-electron chi connectivity index (χ1n) is 5.12. The molecule has 0 heteroatoms. The molecule has 0 aromatic rings. The highest BCUT2D eigenvalue weighted by molar-refractivity contribution is 5.05. The van der Waals surface area contributed by atoms with Gasteiger partial charge in [-0.25, -0.2) is 0 Å². The third-order valence-corrected chi connectivity index (χ3v) is 1.99. The molecule has 0 aromatic heterocycles. The molecular formula is C13H18. The standard InChI is InChI=1S/C13H18/c1-2-4-6-8-10-12-13-11-9-7-5-3-1/h1-4,7,9-10,12H,5-6,8,11,13H2/b3-1+,4-2-,9-7+,12-10+. The molecule has 0 unspecified atom stereocenters. The highest BCUT2D eigenvalue weighted by Crippen LogP contribution is 2.00. The van der Waals surface area contributed by atoms with E-state index in [0.29, 0.717) is 0 Å². The van der Waals surface area contributed by atoms with E-state index in [1.165, 1.54) is 19.3 Å². The third-order valence-electron chi connectivity index (χ3n) is 1.99. The Balaban J connectivity index is 2.38. The van der Waals surface area contributed by atoms with Gasteiger partial charge in [0.2, 0.25) is 0 Å². The second-order valence-corrected chi connectivity index (χ2v) is 3.19. The quantitative estimate of drug-likeness (QED) is 0.483. The Labute approximate surface area is 81.4 Å². The molecule has 0 bridgehead atoms. The van der Waals surface area contributed by atoms with E-state index in [1.54, 1.807) is 0 Å². The van der Waals surface area contributed by atoms with Gasteiger partial charge in [0.15, 0.2) is 0 Å². The fourth-order valence-electron chi connectivity index (χ4n) is 1.25. The Morgan fingerprint density at radius 1 is 0.462 bits per heavy atom. The lowest BCUT2D eigenvalue weighted by Crippen LogP contribution is -1.66. The fraction of sp³-hybridized carbons (Fsp3) is 0.385. The van der Waals surface area contributed by atoms with E-state index in [2.05, 4.69) is 48.6 Å². The average molecular weight is 174 g/mol. The Kier molecular flexibility index (Phi) is 5.87. The molecule has 0 aliphatic heterocycles. The SMILES string of the molecule is C1=C\CC/C=C/CC/C=C/C/C=C/1. The summed E-state index contributed by atoms with van der Waals surface area (Å²) >= 11 is 0. The van der Waals surface area contributed by atoms with Crippen molar-refractivity contribution in [1.29, 1.82) is 0 Å². The molecule has 0 aromatic carbocycles. The average Bonchev–Trinajstić information content (AvgIpc) is 2.18. The minimum absolute atomic E-state index is 1.06. The second kappa shape index (κ2) is 7.60. The number of hydrogen-bond acceptors (Lipinski definition) is 0. The predicted molar refractivity (Wildman–Crippen MR) is 59.6 cm³/mol. The maximum Gasteiger partial charge on any atom is -0.0166 e. The van der Waals surface area contributed by atoms with Crippen molar-refractivity contribution in [1.82, 2.24) is 0 Å². The van der Waals surface area contributed by atoms with Crippen molar-refractivity contribution in [2.24, 2.45) is 0 Å². The molecular weight excluding hydrogens is 156 g/mol. The molecule has 0 heterocycles. The summed E-state index contributed by atoms with van der Waals surface area (Å²) in [5.74, 6) is 0. The van der Waals surface area contributed by atoms with E-state index in [0.717, 1.165) is 12.8 Å². The van der Waals surface area contributed by atoms with Gasteiger partial charge in [0, 0.05) is 0 Å². The Bertz CT molecular complexity index is 216. The first kappa shape index (κ1) is 10.0. The highest BCUT2D eigenvalue weighted by atomic mass is 13.9. The fourth-order valence-corrected chi connectivity index (χ4v) is 1.25. The van der Waals surface area contributed by atoms with Crippen molar-refractivity contribution in [2.45, 2.75) is 32.1 Å². The summed E-state index contributed by atoms with van der Waals surface area (Å²) in [5, 5.41) is 0. The summed E-state index contributed by atoms with van der Waals surface area (Å²) < 4.78 is 0. The van der Waals surface area contributed by atoms with E-state index < -0.39 is 0 Å². The molecule has 0 saturated carbocycles. The Morgan fingerprint density at radius 3 is 1.77 bits per heavy atom. The van der Waals surface area contributed by atoms with Crippen molar-refractivity contribution in [2.75, 3.05) is 0 Å². The zero-order valence-corrected chi connectivity index (χ0v) is 8.15. The summed E-state index contributed by atoms with van der Waals surface area (Å²) in [6, 6.07) is 0. The molecule has 0 N–H and O–H groups in total. The highest BCUT2D eigenvalue weighted by Gasteiger charge is 1.79. The largest absolute Gasteiger partial charge is 0.0882 e. The molecule has 0 amide bonds. The van der Waals surface area contributed by atoms with Crippen LogP contribution in [0.15, 0.2) is 48.6 Å². The lowest BCUT2D eigenvalue weighted by Gasteiger charge is -1.87. The smallest absolute Gasteiger partial charge is 0.0166 e. The molecule has 0 saturated heterocycles. The van der Waals surface area contributed by atoms with Crippen LogP contribution in [0.1, 0.15) is 32.1 Å². The van der Waals surface area contributed by atoms with Crippen LogP contribution in [-0.2, 0) is 0 Å². The minimum Gasteiger partial charge on any atom is -0.0882 e. The lowest BCUT2D eigenvalue weighted by atomic mass is 10.2. The first-order chi connectivity index (χ1) is 6.50. The van der Waals surface area contributed by atoms with Gasteiger partial charge < -0.3 is 0 Å². The summed E-state index contributed by atoms with van der Waals surface area (Å²) in [6.45, 7) is 0. The normalized spacial score (nSPS) is 28.9. The topological polar surface area (TPSA) is 0 Å². The van der Waals surface area contributed by atoms with Gasteiger partial charge in [-0.3, -0.25) is 0 Å². The lowest BCUT2D eigenvalue weighted by molar-refractivity contribution is 1.00. The van der Waals surface area contributed by atoms with E-state index in [-0.39, 0.29) is 0 Å². The van der Waals surface area contributed by atoms with Crippen LogP contribution < -0.4 is 0 Å². The van der Waals surface area contributed by atoms with Crippen LogP contribution >= 0.6 is 0 Å². The maximum atomic E-state index is 2.28. The van der Waals surface area contributed by atoms with Crippen molar-refractivity contribution >= 4 is 0 Å². The van der Waals surface area contributed by atoms with E-state index in [9.17, 15) is 0 Å². The van der Waals surface area contributed by atoms with Gasteiger partial charge in [0.25, 0.3) is 0 Å². The molecule has 1 aliphatic carbocycles. The van der Waals surface area contributed by atoms with Crippen LogP contribution in [0.4, 0.5) is 0 Å². The molecule has 13 heavy (non-hydrogen) atoms. The molecule has 0 spiro atoms. The molecule has 1 aliphatic rings. The van der Waals surface area contributed by atoms with Gasteiger partial charge in [-0.15, -0.1) is 0 Å². The van der Waals surface area contributed by atoms with Crippen LogP contribution in [0.3, 0.4) is 0 Å². The first-order valence-corrected chi connectivity index (χ1v) is 5.12. The van der Waals surface area contributed by atoms with Gasteiger partial charge in [0.1, 0.15) is 0 Å². The third kappa shape index (κ3) is 6.15. The summed E-state index contributed by atoms with van der Waals surface area (Å²) in [4.78, 5) is 0. The summed E-state index contributed by atoms with van der Waals surface area (Å²) in [5.41, 5.74) is 0. The van der Waals surface area contributed by atoms with E-state index in [4.69, 9.17) is 0 Å². The van der Waals surface area contributed by atoms with Crippen LogP contribution in [0.2, 0.25) is 0 Å². The molecule has 0 fully saturated rings. The van der Waals surface area contributed by atoms with Gasteiger partial charge >= 0.3 is 0 Å². The van der Waals surface area contributed by atoms with Crippen LogP contribution in [-0.4, -0.2) is 0 Å². The monoisotopic (exact) mass is 174 g/mol. The minimum atomic E-state index is 1.06. The van der Waals surface area contributed by atoms with Crippen molar-refractivity contribution in [3.8, 4) is 0 Å². The van der Waals surface area contributed by atoms with Crippen molar-refractivity contribution in [3.63, 3.8) is 0 Å². The molecule has 0 radical (unpaired) electrons. The maximum absolute atomic E-state index is 2.28. The molecule has 70 valence electrons. The van der Waals surface area contributed by atoms with Crippen molar-refractivity contribution in [3.05, 3.63) is 48.6 Å².